The van der Waals surface area contributed by atoms with Gasteiger partial charge in [0.05, 0.1) is 12.2 Å². The first-order valence-electron chi connectivity index (χ1n) is 7.64. The molecule has 106 valence electrons. The molecule has 0 N–H and O–H groups in total. The van der Waals surface area contributed by atoms with Gasteiger partial charge in [0.25, 0.3) is 0 Å². The van der Waals surface area contributed by atoms with Gasteiger partial charge in [0, 0.05) is 6.54 Å². The van der Waals surface area contributed by atoms with Crippen molar-refractivity contribution in [1.29, 1.82) is 0 Å². The summed E-state index contributed by atoms with van der Waals surface area (Å²) >= 11 is 0. The van der Waals surface area contributed by atoms with Gasteiger partial charge in [0.1, 0.15) is 0 Å². The van der Waals surface area contributed by atoms with E-state index in [0.29, 0.717) is 0 Å². The molecule has 0 amide bonds. The van der Waals surface area contributed by atoms with Gasteiger partial charge in [-0.05, 0) is 65.3 Å². The van der Waals surface area contributed by atoms with Crippen LogP contribution in [0.25, 0.3) is 0 Å². The number of piperidine rings is 1. The average Bonchev–Trinajstić information content (AvgIpc) is 2.72. The molecule has 2 atom stereocenters. The maximum Gasteiger partial charge on any atom is 0.0812 e. The molecule has 18 heavy (non-hydrogen) atoms. The van der Waals surface area contributed by atoms with E-state index in [2.05, 4.69) is 30.8 Å². The highest BCUT2D eigenvalue weighted by atomic mass is 16.5. The molecule has 0 bridgehead atoms. The molecule has 2 saturated heterocycles. The van der Waals surface area contributed by atoms with Crippen molar-refractivity contribution >= 4 is 0 Å². The molecule has 0 aromatic carbocycles. The van der Waals surface area contributed by atoms with Crippen LogP contribution in [0.5, 0.6) is 0 Å². The van der Waals surface area contributed by atoms with E-state index in [1.807, 2.05) is 0 Å². The number of rotatable bonds is 5. The van der Waals surface area contributed by atoms with Crippen molar-refractivity contribution in [3.63, 3.8) is 0 Å². The van der Waals surface area contributed by atoms with E-state index >= 15 is 0 Å². The molecule has 0 aliphatic carbocycles. The van der Waals surface area contributed by atoms with Crippen molar-refractivity contribution in [3.8, 4) is 0 Å². The lowest BCUT2D eigenvalue weighted by Crippen LogP contribution is -2.48. The van der Waals surface area contributed by atoms with Gasteiger partial charge in [-0.1, -0.05) is 13.3 Å². The fourth-order valence-corrected chi connectivity index (χ4v) is 3.48. The average molecular weight is 254 g/mol. The van der Waals surface area contributed by atoms with E-state index in [9.17, 15) is 0 Å². The summed E-state index contributed by atoms with van der Waals surface area (Å²) in [7, 11) is 4.31. The summed E-state index contributed by atoms with van der Waals surface area (Å²) in [6.07, 6.45) is 6.46. The van der Waals surface area contributed by atoms with Crippen LogP contribution in [0, 0.1) is 5.92 Å². The van der Waals surface area contributed by atoms with Gasteiger partial charge >= 0.3 is 0 Å². The first-order chi connectivity index (χ1) is 8.63. The van der Waals surface area contributed by atoms with Crippen LogP contribution in [0.4, 0.5) is 0 Å². The number of ether oxygens (including phenoxy) is 1. The predicted octanol–water partition coefficient (Wildman–Crippen LogP) is 2.22. The molecule has 2 aliphatic heterocycles. The molecule has 0 aromatic heterocycles. The lowest BCUT2D eigenvalue weighted by atomic mass is 9.86. The van der Waals surface area contributed by atoms with Crippen LogP contribution in [0.15, 0.2) is 0 Å². The van der Waals surface area contributed by atoms with Gasteiger partial charge in [-0.2, -0.15) is 0 Å². The third-order valence-corrected chi connectivity index (χ3v) is 4.56. The van der Waals surface area contributed by atoms with E-state index in [4.69, 9.17) is 4.74 Å². The highest BCUT2D eigenvalue weighted by molar-refractivity contribution is 4.94. The van der Waals surface area contributed by atoms with Gasteiger partial charge in [0.15, 0.2) is 0 Å². The van der Waals surface area contributed by atoms with Gasteiger partial charge in [-0.25, -0.2) is 0 Å². The predicted molar refractivity (Wildman–Crippen MR) is 75.9 cm³/mol. The van der Waals surface area contributed by atoms with Gasteiger partial charge < -0.3 is 14.5 Å². The van der Waals surface area contributed by atoms with Crippen molar-refractivity contribution in [2.75, 3.05) is 46.9 Å². The van der Waals surface area contributed by atoms with Crippen molar-refractivity contribution in [2.24, 2.45) is 5.92 Å². The Hall–Kier alpha value is -0.120. The second-order valence-corrected chi connectivity index (χ2v) is 6.51. The molecule has 0 aromatic rings. The summed E-state index contributed by atoms with van der Waals surface area (Å²) in [5, 5.41) is 0. The maximum absolute atomic E-state index is 6.19. The zero-order chi connectivity index (χ0) is 13.0. The van der Waals surface area contributed by atoms with E-state index in [1.54, 1.807) is 0 Å². The third kappa shape index (κ3) is 3.69. The third-order valence-electron chi connectivity index (χ3n) is 4.56. The van der Waals surface area contributed by atoms with Crippen molar-refractivity contribution in [1.82, 2.24) is 9.80 Å². The van der Waals surface area contributed by atoms with Crippen LogP contribution < -0.4 is 0 Å². The summed E-state index contributed by atoms with van der Waals surface area (Å²) < 4.78 is 6.19. The first-order valence-corrected chi connectivity index (χ1v) is 7.64. The zero-order valence-corrected chi connectivity index (χ0v) is 12.5. The van der Waals surface area contributed by atoms with Crippen LogP contribution in [-0.4, -0.2) is 62.3 Å². The van der Waals surface area contributed by atoms with E-state index in [-0.39, 0.29) is 5.60 Å². The Kier molecular flexibility index (Phi) is 5.05. The second-order valence-electron chi connectivity index (χ2n) is 6.51. The Morgan fingerprint density at radius 3 is 2.89 bits per heavy atom. The molecule has 2 aliphatic rings. The Labute approximate surface area is 112 Å². The lowest BCUT2D eigenvalue weighted by molar-refractivity contribution is -0.0518. The molecule has 0 saturated carbocycles. The van der Waals surface area contributed by atoms with E-state index in [1.165, 1.54) is 58.3 Å². The number of hydrogen-bond donors (Lipinski definition) is 0. The van der Waals surface area contributed by atoms with Gasteiger partial charge in [0.2, 0.25) is 0 Å². The molecule has 2 rings (SSSR count). The first kappa shape index (κ1) is 14.3. The minimum absolute atomic E-state index is 0.219. The summed E-state index contributed by atoms with van der Waals surface area (Å²) in [4.78, 5) is 4.91. The summed E-state index contributed by atoms with van der Waals surface area (Å²) in [6, 6.07) is 0. The largest absolute Gasteiger partial charge is 0.373 e. The molecule has 2 heterocycles. The molecule has 1 spiro atoms. The molecule has 0 unspecified atom stereocenters. The fourth-order valence-electron chi connectivity index (χ4n) is 3.48. The molecular weight excluding hydrogens is 224 g/mol. The lowest BCUT2D eigenvalue weighted by Gasteiger charge is -2.40. The monoisotopic (exact) mass is 254 g/mol. The van der Waals surface area contributed by atoms with E-state index in [0.717, 1.165) is 12.5 Å². The molecule has 0 radical (unpaired) electrons. The smallest absolute Gasteiger partial charge is 0.0812 e. The van der Waals surface area contributed by atoms with Gasteiger partial charge in [-0.15, -0.1) is 0 Å². The standard InChI is InChI=1S/C15H30N2O/c1-4-14-11-15(18-12-14)7-5-9-17(13-15)10-6-8-16(2)3/h14H,4-13H2,1-3H3/t14-,15-/m0/s1. The summed E-state index contributed by atoms with van der Waals surface area (Å²) in [5.41, 5.74) is 0.219. The number of hydrogen-bond acceptors (Lipinski definition) is 3. The Morgan fingerprint density at radius 1 is 1.39 bits per heavy atom. The summed E-state index contributed by atoms with van der Waals surface area (Å²) in [6.45, 7) is 8.18. The topological polar surface area (TPSA) is 15.7 Å². The molecular formula is C15H30N2O. The highest BCUT2D eigenvalue weighted by Gasteiger charge is 2.42. The van der Waals surface area contributed by atoms with Gasteiger partial charge in [-0.3, -0.25) is 0 Å². The summed E-state index contributed by atoms with van der Waals surface area (Å²) in [5.74, 6) is 0.812. The normalized spacial score (nSPS) is 33.7. The Bertz CT molecular complexity index is 257. The van der Waals surface area contributed by atoms with Crippen LogP contribution in [-0.2, 0) is 4.74 Å². The fraction of sp³-hybridized carbons (Fsp3) is 1.00. The molecule has 3 heteroatoms. The SMILES string of the molecule is CC[C@@H]1CO[C@@]2(CCCN(CCCN(C)C)C2)C1. The van der Waals surface area contributed by atoms with Crippen LogP contribution in [0.2, 0.25) is 0 Å². The second kappa shape index (κ2) is 6.36. The maximum atomic E-state index is 6.19. The Morgan fingerprint density at radius 2 is 2.22 bits per heavy atom. The van der Waals surface area contributed by atoms with Crippen LogP contribution in [0.1, 0.15) is 39.0 Å². The van der Waals surface area contributed by atoms with Crippen LogP contribution >= 0.6 is 0 Å². The van der Waals surface area contributed by atoms with Crippen molar-refractivity contribution in [2.45, 2.75) is 44.6 Å². The quantitative estimate of drug-likeness (QED) is 0.748. The van der Waals surface area contributed by atoms with E-state index < -0.39 is 0 Å². The number of likely N-dealkylation sites (tertiary alicyclic amines) is 1. The minimum atomic E-state index is 0.219. The zero-order valence-electron chi connectivity index (χ0n) is 12.5. The number of nitrogens with zero attached hydrogens (tertiary/aromatic N) is 2. The highest BCUT2D eigenvalue weighted by Crippen LogP contribution is 2.38. The molecule has 2 fully saturated rings. The van der Waals surface area contributed by atoms with Crippen molar-refractivity contribution < 1.29 is 4.74 Å². The van der Waals surface area contributed by atoms with Crippen molar-refractivity contribution in [3.05, 3.63) is 0 Å². The molecule has 3 nitrogen and oxygen atoms in total. The Balaban J connectivity index is 1.78. The minimum Gasteiger partial charge on any atom is -0.373 e. The van der Waals surface area contributed by atoms with Crippen LogP contribution in [0.3, 0.4) is 0 Å².